The van der Waals surface area contributed by atoms with Gasteiger partial charge < -0.3 is 10.6 Å². The first-order chi connectivity index (χ1) is 9.74. The van der Waals surface area contributed by atoms with Crippen LogP contribution in [0.2, 0.25) is 0 Å². The number of aromatic nitrogens is 3. The number of fused-ring (bicyclic) bond motifs is 1. The van der Waals surface area contributed by atoms with E-state index in [-0.39, 0.29) is 6.04 Å². The Morgan fingerprint density at radius 3 is 3.10 bits per heavy atom. The molecule has 3 atom stereocenters. The molecule has 2 N–H and O–H groups in total. The van der Waals surface area contributed by atoms with Crippen molar-refractivity contribution >= 4 is 5.65 Å². The summed E-state index contributed by atoms with van der Waals surface area (Å²) in [7, 11) is 0. The molecule has 5 heteroatoms. The van der Waals surface area contributed by atoms with Crippen LogP contribution in [0.5, 0.6) is 0 Å². The number of hydrogen-bond donors (Lipinski definition) is 2. The summed E-state index contributed by atoms with van der Waals surface area (Å²) in [6, 6.07) is 7.31. The molecule has 0 aliphatic carbocycles. The summed E-state index contributed by atoms with van der Waals surface area (Å²) in [6.45, 7) is 5.57. The fourth-order valence-corrected chi connectivity index (χ4v) is 3.11. The summed E-state index contributed by atoms with van der Waals surface area (Å²) in [6.07, 6.45) is 5.79. The maximum absolute atomic E-state index is 4.31. The Kier molecular flexibility index (Phi) is 3.98. The van der Waals surface area contributed by atoms with E-state index >= 15 is 0 Å². The third-order valence-corrected chi connectivity index (χ3v) is 4.06. The zero-order valence-electron chi connectivity index (χ0n) is 12.2. The Balaban J connectivity index is 1.64. The fourth-order valence-electron chi connectivity index (χ4n) is 3.11. The molecule has 1 fully saturated rings. The van der Waals surface area contributed by atoms with Gasteiger partial charge in [0.2, 0.25) is 0 Å². The summed E-state index contributed by atoms with van der Waals surface area (Å²) in [5, 5.41) is 15.7. The molecular formula is C15H23N5. The third-order valence-electron chi connectivity index (χ3n) is 4.06. The topological polar surface area (TPSA) is 54.2 Å². The molecule has 3 rings (SSSR count). The molecule has 0 saturated carbocycles. The second kappa shape index (κ2) is 5.89. The minimum absolute atomic E-state index is 0.198. The summed E-state index contributed by atoms with van der Waals surface area (Å²) in [5.41, 5.74) is 0.904. The van der Waals surface area contributed by atoms with Crippen molar-refractivity contribution < 1.29 is 0 Å². The van der Waals surface area contributed by atoms with E-state index < -0.39 is 0 Å². The Labute approximate surface area is 119 Å². The lowest BCUT2D eigenvalue weighted by Gasteiger charge is -2.21. The van der Waals surface area contributed by atoms with Gasteiger partial charge in [0.25, 0.3) is 0 Å². The van der Waals surface area contributed by atoms with Crippen molar-refractivity contribution in [1.82, 2.24) is 25.2 Å². The van der Waals surface area contributed by atoms with Crippen molar-refractivity contribution in [1.29, 1.82) is 0 Å². The van der Waals surface area contributed by atoms with Crippen LogP contribution in [-0.2, 0) is 0 Å². The van der Waals surface area contributed by atoms with E-state index in [1.165, 1.54) is 25.8 Å². The molecule has 5 nitrogen and oxygen atoms in total. The average Bonchev–Trinajstić information content (AvgIpc) is 3.07. The van der Waals surface area contributed by atoms with Gasteiger partial charge in [-0.3, -0.25) is 4.40 Å². The van der Waals surface area contributed by atoms with Crippen LogP contribution in [0.4, 0.5) is 0 Å². The molecule has 2 aromatic heterocycles. The number of rotatable bonds is 5. The van der Waals surface area contributed by atoms with Crippen molar-refractivity contribution in [3.8, 4) is 0 Å². The van der Waals surface area contributed by atoms with Crippen molar-refractivity contribution in [2.75, 3.05) is 6.54 Å². The van der Waals surface area contributed by atoms with Gasteiger partial charge in [-0.15, -0.1) is 10.2 Å². The zero-order valence-corrected chi connectivity index (χ0v) is 12.2. The van der Waals surface area contributed by atoms with Gasteiger partial charge in [-0.25, -0.2) is 0 Å². The molecule has 0 spiro atoms. The lowest BCUT2D eigenvalue weighted by Crippen LogP contribution is -2.35. The maximum Gasteiger partial charge on any atom is 0.160 e. The highest BCUT2D eigenvalue weighted by Gasteiger charge is 2.20. The number of hydrogen-bond acceptors (Lipinski definition) is 4. The molecule has 2 aromatic rings. The van der Waals surface area contributed by atoms with Gasteiger partial charge in [0.05, 0.1) is 6.04 Å². The Morgan fingerprint density at radius 1 is 1.40 bits per heavy atom. The average molecular weight is 273 g/mol. The summed E-state index contributed by atoms with van der Waals surface area (Å²) < 4.78 is 2.05. The lowest BCUT2D eigenvalue weighted by molar-refractivity contribution is 0.398. The lowest BCUT2D eigenvalue weighted by atomic mass is 10.1. The quantitative estimate of drug-likeness (QED) is 0.874. The molecule has 0 bridgehead atoms. The van der Waals surface area contributed by atoms with Crippen LogP contribution < -0.4 is 10.6 Å². The first-order valence-corrected chi connectivity index (χ1v) is 7.53. The van der Waals surface area contributed by atoms with Gasteiger partial charge in [0, 0.05) is 18.3 Å². The molecule has 1 aliphatic heterocycles. The highest BCUT2D eigenvalue weighted by molar-refractivity contribution is 5.37. The largest absolute Gasteiger partial charge is 0.314 e. The Morgan fingerprint density at radius 2 is 2.30 bits per heavy atom. The second-order valence-electron chi connectivity index (χ2n) is 5.81. The monoisotopic (exact) mass is 273 g/mol. The van der Waals surface area contributed by atoms with Gasteiger partial charge >= 0.3 is 0 Å². The molecule has 3 heterocycles. The van der Waals surface area contributed by atoms with Crippen molar-refractivity contribution in [3.63, 3.8) is 0 Å². The molecule has 0 amide bonds. The molecule has 20 heavy (non-hydrogen) atoms. The van der Waals surface area contributed by atoms with Crippen LogP contribution in [0.25, 0.3) is 5.65 Å². The minimum Gasteiger partial charge on any atom is -0.314 e. The van der Waals surface area contributed by atoms with E-state index in [2.05, 4.69) is 39.1 Å². The first-order valence-electron chi connectivity index (χ1n) is 7.53. The summed E-state index contributed by atoms with van der Waals surface area (Å²) in [5.74, 6) is 0.979. The highest BCUT2D eigenvalue weighted by atomic mass is 15.3. The van der Waals surface area contributed by atoms with Crippen molar-refractivity contribution in [3.05, 3.63) is 30.2 Å². The molecule has 3 unspecified atom stereocenters. The molecule has 108 valence electrons. The fraction of sp³-hybridized carbons (Fsp3) is 0.600. The summed E-state index contributed by atoms with van der Waals surface area (Å²) >= 11 is 0. The predicted octanol–water partition coefficient (Wildman–Crippen LogP) is 1.91. The molecule has 0 radical (unpaired) electrons. The van der Waals surface area contributed by atoms with Gasteiger partial charge in [0.15, 0.2) is 11.5 Å². The number of nitrogens with zero attached hydrogens (tertiary/aromatic N) is 3. The van der Waals surface area contributed by atoms with Crippen LogP contribution >= 0.6 is 0 Å². The smallest absolute Gasteiger partial charge is 0.160 e. The van der Waals surface area contributed by atoms with Gasteiger partial charge in [-0.05, 0) is 51.8 Å². The standard InChI is InChI=1S/C15H23N5/c1-11(10-13-6-5-8-16-13)17-12(2)15-19-18-14-7-3-4-9-20(14)15/h3-4,7,9,11-13,16-17H,5-6,8,10H2,1-2H3. The SMILES string of the molecule is CC(CC1CCCN1)NC(C)c1nnc2ccccn12. The van der Waals surface area contributed by atoms with Crippen molar-refractivity contribution in [2.24, 2.45) is 0 Å². The van der Waals surface area contributed by atoms with Gasteiger partial charge in [0.1, 0.15) is 0 Å². The molecular weight excluding hydrogens is 250 g/mol. The van der Waals surface area contributed by atoms with E-state index in [4.69, 9.17) is 0 Å². The first kappa shape index (κ1) is 13.5. The van der Waals surface area contributed by atoms with Crippen LogP contribution in [-0.4, -0.2) is 33.2 Å². The Bertz CT molecular complexity index is 558. The third kappa shape index (κ3) is 2.83. The van der Waals surface area contributed by atoms with E-state index in [1.807, 2.05) is 24.4 Å². The minimum atomic E-state index is 0.198. The van der Waals surface area contributed by atoms with Crippen LogP contribution in [0.15, 0.2) is 24.4 Å². The maximum atomic E-state index is 4.31. The molecule has 0 aromatic carbocycles. The zero-order chi connectivity index (χ0) is 13.9. The number of pyridine rings is 1. The Hall–Kier alpha value is -1.46. The molecule has 1 saturated heterocycles. The number of nitrogens with one attached hydrogen (secondary N) is 2. The van der Waals surface area contributed by atoms with E-state index in [1.54, 1.807) is 0 Å². The van der Waals surface area contributed by atoms with Crippen LogP contribution in [0, 0.1) is 0 Å². The van der Waals surface area contributed by atoms with Crippen LogP contribution in [0.1, 0.15) is 45.0 Å². The summed E-state index contributed by atoms with van der Waals surface area (Å²) in [4.78, 5) is 0. The van der Waals surface area contributed by atoms with E-state index in [9.17, 15) is 0 Å². The van der Waals surface area contributed by atoms with Gasteiger partial charge in [-0.2, -0.15) is 0 Å². The van der Waals surface area contributed by atoms with Gasteiger partial charge in [-0.1, -0.05) is 6.07 Å². The normalized spacial score (nSPS) is 22.2. The van der Waals surface area contributed by atoms with Crippen molar-refractivity contribution in [2.45, 2.75) is 51.2 Å². The van der Waals surface area contributed by atoms with E-state index in [0.29, 0.717) is 12.1 Å². The molecule has 1 aliphatic rings. The predicted molar refractivity (Wildman–Crippen MR) is 79.6 cm³/mol. The highest BCUT2D eigenvalue weighted by Crippen LogP contribution is 2.15. The van der Waals surface area contributed by atoms with E-state index in [0.717, 1.165) is 11.5 Å². The second-order valence-corrected chi connectivity index (χ2v) is 5.81. The van der Waals surface area contributed by atoms with Crippen LogP contribution in [0.3, 0.4) is 0 Å².